The van der Waals surface area contributed by atoms with Crippen LogP contribution in [0.3, 0.4) is 0 Å². The Morgan fingerprint density at radius 2 is 1.75 bits per heavy atom. The van der Waals surface area contributed by atoms with Crippen molar-refractivity contribution in [2.24, 2.45) is 5.41 Å². The van der Waals surface area contributed by atoms with Crippen LogP contribution < -0.4 is 9.47 Å². The summed E-state index contributed by atoms with van der Waals surface area (Å²) in [7, 11) is 1.91. The minimum atomic E-state index is -2.77. The number of fused-ring (bicyclic) bond motifs is 1. The normalized spacial score (nSPS) is 21.1. The molecule has 6 nitrogen and oxygen atoms in total. The Morgan fingerprint density at radius 3 is 2.29 bits per heavy atom. The number of benzene rings is 1. The molecule has 24 heavy (non-hydrogen) atoms. The number of hydrogen-bond acceptors (Lipinski definition) is 6. The predicted molar refractivity (Wildman–Crippen MR) is 92.0 cm³/mol. The predicted octanol–water partition coefficient (Wildman–Crippen LogP) is 3.15. The summed E-state index contributed by atoms with van der Waals surface area (Å²) in [4.78, 5) is 0. The van der Waals surface area contributed by atoms with Crippen molar-refractivity contribution >= 4 is 8.80 Å². The van der Waals surface area contributed by atoms with Crippen molar-refractivity contribution in [2.45, 2.75) is 40.1 Å². The van der Waals surface area contributed by atoms with E-state index in [-0.39, 0.29) is 11.6 Å². The van der Waals surface area contributed by atoms with Gasteiger partial charge in [0.1, 0.15) is 11.5 Å². The van der Waals surface area contributed by atoms with Gasteiger partial charge in [0.2, 0.25) is 5.79 Å². The van der Waals surface area contributed by atoms with E-state index in [0.29, 0.717) is 12.4 Å². The molecule has 0 aromatic heterocycles. The minimum Gasteiger partial charge on any atom is -0.489 e. The highest BCUT2D eigenvalue weighted by atomic mass is 28.4. The lowest BCUT2D eigenvalue weighted by molar-refractivity contribution is -0.249. The number of hydrogen-bond donors (Lipinski definition) is 0. The monoisotopic (exact) mass is 356 g/mol. The summed E-state index contributed by atoms with van der Waals surface area (Å²) in [6, 6.07) is 5.69. The van der Waals surface area contributed by atoms with E-state index >= 15 is 0 Å². The maximum atomic E-state index is 6.10. The van der Waals surface area contributed by atoms with E-state index in [0.717, 1.165) is 11.3 Å². The lowest BCUT2D eigenvalue weighted by Gasteiger charge is -2.44. The van der Waals surface area contributed by atoms with Gasteiger partial charge in [0.15, 0.2) is 6.23 Å². The Bertz CT molecular complexity index is 558. The highest BCUT2D eigenvalue weighted by Crippen LogP contribution is 2.42. The zero-order valence-corrected chi connectivity index (χ0v) is 16.6. The molecule has 2 rings (SSSR count). The van der Waals surface area contributed by atoms with Gasteiger partial charge < -0.3 is 27.5 Å². The standard InChI is InChI=1S/C17H28O6Si/c1-16(2,3)17(4)22-11-13-10-14(8-9-15(13)23-17)21-12-24(18-5,19-6)20-7/h8-10H,11-12H2,1-7H3. The van der Waals surface area contributed by atoms with Gasteiger partial charge in [0.05, 0.1) is 6.61 Å². The number of rotatable bonds is 6. The first kappa shape index (κ1) is 19.2. The van der Waals surface area contributed by atoms with Crippen LogP contribution >= 0.6 is 0 Å². The summed E-state index contributed by atoms with van der Waals surface area (Å²) in [5, 5.41) is 0. The van der Waals surface area contributed by atoms with Crippen molar-refractivity contribution in [3.63, 3.8) is 0 Å². The number of ether oxygens (including phenoxy) is 3. The van der Waals surface area contributed by atoms with Crippen LogP contribution in [-0.2, 0) is 24.6 Å². The molecular formula is C17H28O6Si. The van der Waals surface area contributed by atoms with Crippen molar-refractivity contribution < 1.29 is 27.5 Å². The molecule has 1 unspecified atom stereocenters. The van der Waals surface area contributed by atoms with Gasteiger partial charge in [-0.1, -0.05) is 20.8 Å². The molecule has 1 aromatic carbocycles. The van der Waals surface area contributed by atoms with E-state index in [2.05, 4.69) is 20.8 Å². The molecule has 0 N–H and O–H groups in total. The van der Waals surface area contributed by atoms with E-state index in [1.165, 1.54) is 0 Å². The quantitative estimate of drug-likeness (QED) is 0.730. The van der Waals surface area contributed by atoms with Crippen LogP contribution in [0.5, 0.6) is 11.5 Å². The Kier molecular flexibility index (Phi) is 5.61. The molecule has 0 saturated heterocycles. The summed E-state index contributed by atoms with van der Waals surface area (Å²) < 4.78 is 34.0. The Balaban J connectivity index is 2.11. The van der Waals surface area contributed by atoms with E-state index in [1.807, 2.05) is 25.1 Å². The largest absolute Gasteiger partial charge is 0.539 e. The van der Waals surface area contributed by atoms with Crippen LogP contribution in [0, 0.1) is 5.41 Å². The lowest BCUT2D eigenvalue weighted by Crippen LogP contribution is -2.50. The van der Waals surface area contributed by atoms with Crippen LogP contribution in [0.25, 0.3) is 0 Å². The summed E-state index contributed by atoms with van der Waals surface area (Å²) >= 11 is 0. The molecule has 0 radical (unpaired) electrons. The zero-order valence-electron chi connectivity index (χ0n) is 15.6. The molecule has 1 atom stereocenters. The van der Waals surface area contributed by atoms with Gasteiger partial charge in [-0.15, -0.1) is 0 Å². The second kappa shape index (κ2) is 7.01. The average molecular weight is 356 g/mol. The van der Waals surface area contributed by atoms with Crippen molar-refractivity contribution in [3.8, 4) is 11.5 Å². The Hall–Kier alpha value is -1.12. The second-order valence-corrected chi connectivity index (χ2v) is 9.82. The van der Waals surface area contributed by atoms with Gasteiger partial charge in [0.25, 0.3) is 0 Å². The van der Waals surface area contributed by atoms with Gasteiger partial charge in [-0.25, -0.2) is 0 Å². The van der Waals surface area contributed by atoms with Gasteiger partial charge in [-0.05, 0) is 18.2 Å². The summed E-state index contributed by atoms with van der Waals surface area (Å²) in [5.41, 5.74) is 0.814. The summed E-state index contributed by atoms with van der Waals surface area (Å²) in [6.07, 6.45) is 0.233. The molecule has 1 aromatic rings. The van der Waals surface area contributed by atoms with Crippen molar-refractivity contribution in [3.05, 3.63) is 23.8 Å². The fraction of sp³-hybridized carbons (Fsp3) is 0.647. The molecule has 1 aliphatic rings. The molecule has 0 aliphatic carbocycles. The smallest absolute Gasteiger partial charge is 0.489 e. The molecule has 0 amide bonds. The molecule has 1 aliphatic heterocycles. The highest BCUT2D eigenvalue weighted by molar-refractivity contribution is 6.60. The first-order chi connectivity index (χ1) is 11.2. The minimum absolute atomic E-state index is 0.138. The van der Waals surface area contributed by atoms with E-state index in [4.69, 9.17) is 27.5 Å². The van der Waals surface area contributed by atoms with Crippen molar-refractivity contribution in [1.29, 1.82) is 0 Å². The van der Waals surface area contributed by atoms with Crippen LogP contribution in [0.2, 0.25) is 0 Å². The van der Waals surface area contributed by atoms with Crippen LogP contribution in [0.4, 0.5) is 0 Å². The molecule has 136 valence electrons. The summed E-state index contributed by atoms with van der Waals surface area (Å²) in [5.74, 6) is 0.857. The zero-order chi connectivity index (χ0) is 18.0. The third-order valence-corrected chi connectivity index (χ3v) is 6.91. The van der Waals surface area contributed by atoms with Crippen LogP contribution in [0.15, 0.2) is 18.2 Å². The topological polar surface area (TPSA) is 55.4 Å². The maximum absolute atomic E-state index is 6.10. The van der Waals surface area contributed by atoms with E-state index < -0.39 is 14.6 Å². The molecule has 0 fully saturated rings. The Labute approximate surface area is 145 Å². The molecule has 0 bridgehead atoms. The van der Waals surface area contributed by atoms with Crippen LogP contribution in [0.1, 0.15) is 33.3 Å². The van der Waals surface area contributed by atoms with Crippen molar-refractivity contribution in [1.82, 2.24) is 0 Å². The van der Waals surface area contributed by atoms with Gasteiger partial charge in [0, 0.05) is 39.2 Å². The first-order valence-corrected chi connectivity index (χ1v) is 9.86. The third kappa shape index (κ3) is 3.75. The van der Waals surface area contributed by atoms with Gasteiger partial charge in [-0.2, -0.15) is 0 Å². The Morgan fingerprint density at radius 1 is 1.12 bits per heavy atom. The average Bonchev–Trinajstić information content (AvgIpc) is 2.55. The highest BCUT2D eigenvalue weighted by Gasteiger charge is 2.44. The van der Waals surface area contributed by atoms with Gasteiger partial charge >= 0.3 is 8.80 Å². The van der Waals surface area contributed by atoms with Gasteiger partial charge in [-0.3, -0.25) is 0 Å². The first-order valence-electron chi connectivity index (χ1n) is 7.93. The lowest BCUT2D eigenvalue weighted by atomic mass is 9.86. The fourth-order valence-corrected chi connectivity index (χ4v) is 3.48. The fourth-order valence-electron chi connectivity index (χ4n) is 2.28. The van der Waals surface area contributed by atoms with E-state index in [1.54, 1.807) is 21.3 Å². The van der Waals surface area contributed by atoms with E-state index in [9.17, 15) is 0 Å². The summed E-state index contributed by atoms with van der Waals surface area (Å²) in [6.45, 7) is 8.73. The second-order valence-electron chi connectivity index (χ2n) is 6.94. The SMILES string of the molecule is CO[Si](COc1ccc2c(c1)COC(C)(C(C)(C)C)O2)(OC)OC. The van der Waals surface area contributed by atoms with Crippen molar-refractivity contribution in [2.75, 3.05) is 27.6 Å². The maximum Gasteiger partial charge on any atom is 0.539 e. The molecule has 1 heterocycles. The molecule has 0 saturated carbocycles. The molecule has 0 spiro atoms. The molecular weight excluding hydrogens is 328 g/mol. The third-order valence-electron chi connectivity index (χ3n) is 4.55. The van der Waals surface area contributed by atoms with Crippen LogP contribution in [-0.4, -0.2) is 42.2 Å². The molecule has 7 heteroatoms.